The van der Waals surface area contributed by atoms with Crippen LogP contribution in [0.25, 0.3) is 0 Å². The highest BCUT2D eigenvalue weighted by molar-refractivity contribution is 5.67. The van der Waals surface area contributed by atoms with Crippen molar-refractivity contribution in [3.05, 3.63) is 42.7 Å². The number of para-hydroxylation sites is 2. The van der Waals surface area contributed by atoms with E-state index in [2.05, 4.69) is 10.3 Å². The predicted molar refractivity (Wildman–Crippen MR) is 64.9 cm³/mol. The summed E-state index contributed by atoms with van der Waals surface area (Å²) in [6.45, 7) is 0. The minimum Gasteiger partial charge on any atom is -0.495 e. The predicted octanol–water partition coefficient (Wildman–Crippen LogP) is 2.42. The minimum absolute atomic E-state index is 0.625. The Kier molecular flexibility index (Phi) is 2.91. The molecular weight excluding hydrogens is 202 g/mol. The van der Waals surface area contributed by atoms with Crippen LogP contribution >= 0.6 is 0 Å². The Morgan fingerprint density at radius 2 is 2.06 bits per heavy atom. The highest BCUT2D eigenvalue weighted by Crippen LogP contribution is 2.26. The molecule has 0 atom stereocenters. The van der Waals surface area contributed by atoms with E-state index in [1.165, 1.54) is 0 Å². The molecule has 16 heavy (non-hydrogen) atoms. The number of benzene rings is 1. The first kappa shape index (κ1) is 10.3. The number of ether oxygens (including phenoxy) is 1. The van der Waals surface area contributed by atoms with E-state index in [0.29, 0.717) is 5.69 Å². The zero-order valence-corrected chi connectivity index (χ0v) is 8.97. The molecule has 82 valence electrons. The van der Waals surface area contributed by atoms with Crippen molar-refractivity contribution in [2.24, 2.45) is 0 Å². The van der Waals surface area contributed by atoms with Crippen molar-refractivity contribution in [1.29, 1.82) is 0 Å². The lowest BCUT2D eigenvalue weighted by Crippen LogP contribution is -1.96. The second-order valence-corrected chi connectivity index (χ2v) is 3.33. The van der Waals surface area contributed by atoms with E-state index in [4.69, 9.17) is 10.5 Å². The molecule has 0 unspecified atom stereocenters. The van der Waals surface area contributed by atoms with Crippen LogP contribution in [-0.4, -0.2) is 12.1 Å². The summed E-state index contributed by atoms with van der Waals surface area (Å²) in [7, 11) is 1.64. The molecule has 0 amide bonds. The van der Waals surface area contributed by atoms with Crippen LogP contribution < -0.4 is 15.8 Å². The van der Waals surface area contributed by atoms with Crippen molar-refractivity contribution in [1.82, 2.24) is 4.98 Å². The van der Waals surface area contributed by atoms with Crippen molar-refractivity contribution in [2.45, 2.75) is 0 Å². The van der Waals surface area contributed by atoms with Gasteiger partial charge in [0.2, 0.25) is 0 Å². The van der Waals surface area contributed by atoms with Gasteiger partial charge in [0, 0.05) is 6.20 Å². The maximum atomic E-state index is 5.65. The van der Waals surface area contributed by atoms with Crippen LogP contribution in [0, 0.1) is 0 Å². The van der Waals surface area contributed by atoms with Gasteiger partial charge in [-0.25, -0.2) is 0 Å². The van der Waals surface area contributed by atoms with Crippen LogP contribution in [0.5, 0.6) is 5.75 Å². The molecule has 0 saturated heterocycles. The fourth-order valence-electron chi connectivity index (χ4n) is 1.43. The van der Waals surface area contributed by atoms with E-state index in [-0.39, 0.29) is 0 Å². The maximum absolute atomic E-state index is 5.65. The highest BCUT2D eigenvalue weighted by Gasteiger charge is 2.01. The average Bonchev–Trinajstić information content (AvgIpc) is 2.30. The molecular formula is C12H13N3O. The largest absolute Gasteiger partial charge is 0.495 e. The first-order valence-electron chi connectivity index (χ1n) is 4.90. The van der Waals surface area contributed by atoms with Gasteiger partial charge in [-0.15, -0.1) is 0 Å². The van der Waals surface area contributed by atoms with Crippen LogP contribution in [0.1, 0.15) is 0 Å². The van der Waals surface area contributed by atoms with Crippen molar-refractivity contribution in [3.8, 4) is 5.75 Å². The molecule has 0 fully saturated rings. The normalized spacial score (nSPS) is 9.81. The third-order valence-electron chi connectivity index (χ3n) is 2.15. The first-order valence-corrected chi connectivity index (χ1v) is 4.90. The van der Waals surface area contributed by atoms with E-state index in [0.717, 1.165) is 17.1 Å². The summed E-state index contributed by atoms with van der Waals surface area (Å²) in [6.07, 6.45) is 3.32. The molecule has 1 heterocycles. The van der Waals surface area contributed by atoms with Crippen LogP contribution in [0.15, 0.2) is 42.7 Å². The summed E-state index contributed by atoms with van der Waals surface area (Å²) in [5.41, 5.74) is 8.00. The summed E-state index contributed by atoms with van der Waals surface area (Å²) >= 11 is 0. The molecule has 0 saturated carbocycles. The summed E-state index contributed by atoms with van der Waals surface area (Å²) in [4.78, 5) is 4.01. The van der Waals surface area contributed by atoms with E-state index in [9.17, 15) is 0 Å². The Morgan fingerprint density at radius 1 is 1.25 bits per heavy atom. The number of hydrogen-bond donors (Lipinski definition) is 2. The number of nitrogen functional groups attached to an aromatic ring is 1. The molecule has 1 aromatic carbocycles. The van der Waals surface area contributed by atoms with Gasteiger partial charge in [-0.05, 0) is 18.2 Å². The number of rotatable bonds is 3. The Morgan fingerprint density at radius 3 is 2.81 bits per heavy atom. The summed E-state index contributed by atoms with van der Waals surface area (Å²) in [6, 6.07) is 9.50. The molecule has 0 aliphatic carbocycles. The van der Waals surface area contributed by atoms with Crippen molar-refractivity contribution in [3.63, 3.8) is 0 Å². The van der Waals surface area contributed by atoms with Crippen LogP contribution in [0.2, 0.25) is 0 Å². The molecule has 3 N–H and O–H groups in total. The third kappa shape index (κ3) is 2.23. The maximum Gasteiger partial charge on any atom is 0.142 e. The van der Waals surface area contributed by atoms with Crippen LogP contribution in [0.3, 0.4) is 0 Å². The Balaban J connectivity index is 2.26. The fraction of sp³-hybridized carbons (Fsp3) is 0.0833. The molecule has 2 aromatic rings. The molecule has 0 spiro atoms. The van der Waals surface area contributed by atoms with E-state index in [1.807, 2.05) is 30.3 Å². The topological polar surface area (TPSA) is 60.2 Å². The zero-order chi connectivity index (χ0) is 11.4. The Labute approximate surface area is 94.1 Å². The average molecular weight is 215 g/mol. The number of nitrogens with two attached hydrogens (primary N) is 1. The first-order chi connectivity index (χ1) is 7.79. The molecule has 4 heteroatoms. The van der Waals surface area contributed by atoms with E-state index >= 15 is 0 Å². The van der Waals surface area contributed by atoms with Gasteiger partial charge in [0.05, 0.1) is 30.4 Å². The molecule has 4 nitrogen and oxygen atoms in total. The number of hydrogen-bond acceptors (Lipinski definition) is 4. The van der Waals surface area contributed by atoms with Gasteiger partial charge in [0.25, 0.3) is 0 Å². The van der Waals surface area contributed by atoms with Gasteiger partial charge >= 0.3 is 0 Å². The van der Waals surface area contributed by atoms with Crippen molar-refractivity contribution in [2.75, 3.05) is 18.2 Å². The van der Waals surface area contributed by atoms with E-state index in [1.54, 1.807) is 19.5 Å². The molecule has 2 rings (SSSR count). The SMILES string of the molecule is COc1ccccc1Nc1cncc(N)c1. The summed E-state index contributed by atoms with van der Waals surface area (Å²) in [5, 5.41) is 3.20. The standard InChI is InChI=1S/C12H13N3O/c1-16-12-5-3-2-4-11(12)15-10-6-9(13)7-14-8-10/h2-8,15H,13H2,1H3. The quantitative estimate of drug-likeness (QED) is 0.825. The monoisotopic (exact) mass is 215 g/mol. The number of nitrogens with zero attached hydrogens (tertiary/aromatic N) is 1. The zero-order valence-electron chi connectivity index (χ0n) is 8.97. The van der Waals surface area contributed by atoms with Gasteiger partial charge in [0.15, 0.2) is 0 Å². The molecule has 1 aromatic heterocycles. The lowest BCUT2D eigenvalue weighted by Gasteiger charge is -2.10. The molecule has 0 bridgehead atoms. The van der Waals surface area contributed by atoms with Gasteiger partial charge in [-0.1, -0.05) is 12.1 Å². The Bertz CT molecular complexity index is 485. The summed E-state index contributed by atoms with van der Waals surface area (Å²) in [5.74, 6) is 0.782. The fourth-order valence-corrected chi connectivity index (χ4v) is 1.43. The molecule has 0 aliphatic heterocycles. The smallest absolute Gasteiger partial charge is 0.142 e. The third-order valence-corrected chi connectivity index (χ3v) is 2.15. The van der Waals surface area contributed by atoms with Gasteiger partial charge < -0.3 is 15.8 Å². The van der Waals surface area contributed by atoms with Gasteiger partial charge in [-0.3, -0.25) is 4.98 Å². The second kappa shape index (κ2) is 4.53. The van der Waals surface area contributed by atoms with E-state index < -0.39 is 0 Å². The number of anilines is 3. The number of aromatic nitrogens is 1. The molecule has 0 aliphatic rings. The number of nitrogens with one attached hydrogen (secondary N) is 1. The minimum atomic E-state index is 0.625. The number of methoxy groups -OCH3 is 1. The highest BCUT2D eigenvalue weighted by atomic mass is 16.5. The number of pyridine rings is 1. The van der Waals surface area contributed by atoms with Crippen LogP contribution in [-0.2, 0) is 0 Å². The van der Waals surface area contributed by atoms with Gasteiger partial charge in [-0.2, -0.15) is 0 Å². The Hall–Kier alpha value is -2.23. The van der Waals surface area contributed by atoms with Crippen LogP contribution in [0.4, 0.5) is 17.1 Å². The lowest BCUT2D eigenvalue weighted by molar-refractivity contribution is 0.417. The second-order valence-electron chi connectivity index (χ2n) is 3.33. The molecule has 0 radical (unpaired) electrons. The van der Waals surface area contributed by atoms with Crippen molar-refractivity contribution < 1.29 is 4.74 Å². The lowest BCUT2D eigenvalue weighted by atomic mass is 10.2. The summed E-state index contributed by atoms with van der Waals surface area (Å²) < 4.78 is 5.23. The van der Waals surface area contributed by atoms with Crippen molar-refractivity contribution >= 4 is 17.1 Å². The van der Waals surface area contributed by atoms with Gasteiger partial charge in [0.1, 0.15) is 5.75 Å².